The lowest BCUT2D eigenvalue weighted by atomic mass is 10.1. The van der Waals surface area contributed by atoms with Crippen LogP contribution in [0.1, 0.15) is 18.1 Å². The number of ether oxygens (including phenoxy) is 2. The number of nitrogens with one attached hydrogen (secondary N) is 1. The first-order chi connectivity index (χ1) is 10.6. The second-order valence-corrected chi connectivity index (χ2v) is 4.75. The first kappa shape index (κ1) is 15.6. The minimum atomic E-state index is -0.0936. The molecule has 4 nitrogen and oxygen atoms in total. The van der Waals surface area contributed by atoms with Gasteiger partial charge in [-0.2, -0.15) is 0 Å². The third-order valence-corrected chi connectivity index (χ3v) is 3.10. The van der Waals surface area contributed by atoms with Crippen LogP contribution >= 0.6 is 0 Å². The normalized spacial score (nSPS) is 10.5. The van der Waals surface area contributed by atoms with Gasteiger partial charge >= 0.3 is 0 Å². The summed E-state index contributed by atoms with van der Waals surface area (Å²) in [6, 6.07) is 13.3. The summed E-state index contributed by atoms with van der Waals surface area (Å²) in [6.45, 7) is 1.49. The van der Waals surface area contributed by atoms with Gasteiger partial charge in [-0.3, -0.25) is 4.79 Å². The van der Waals surface area contributed by atoms with Gasteiger partial charge < -0.3 is 14.8 Å². The van der Waals surface area contributed by atoms with E-state index < -0.39 is 0 Å². The number of benzene rings is 2. The summed E-state index contributed by atoms with van der Waals surface area (Å²) in [5.74, 6) is 1.37. The molecule has 1 N–H and O–H groups in total. The fourth-order valence-electron chi connectivity index (χ4n) is 2.06. The lowest BCUT2D eigenvalue weighted by Gasteiger charge is -2.07. The summed E-state index contributed by atoms with van der Waals surface area (Å²) < 4.78 is 10.5. The van der Waals surface area contributed by atoms with Crippen LogP contribution in [-0.4, -0.2) is 20.1 Å². The van der Waals surface area contributed by atoms with E-state index in [1.54, 1.807) is 14.2 Å². The van der Waals surface area contributed by atoms with Crippen molar-refractivity contribution in [1.29, 1.82) is 0 Å². The van der Waals surface area contributed by atoms with E-state index in [4.69, 9.17) is 9.47 Å². The fourth-order valence-corrected chi connectivity index (χ4v) is 2.06. The zero-order valence-electron chi connectivity index (χ0n) is 12.9. The number of methoxy groups -OCH3 is 2. The van der Waals surface area contributed by atoms with Crippen LogP contribution in [0.3, 0.4) is 0 Å². The van der Waals surface area contributed by atoms with Gasteiger partial charge in [-0.05, 0) is 29.3 Å². The molecular formula is C18H19NO3. The first-order valence-corrected chi connectivity index (χ1v) is 6.90. The molecule has 0 spiro atoms. The molecule has 2 aromatic rings. The molecule has 0 aliphatic heterocycles. The molecule has 1 amide bonds. The van der Waals surface area contributed by atoms with Crippen LogP contribution in [0.4, 0.5) is 5.69 Å². The molecule has 0 heterocycles. The fraction of sp³-hybridized carbons (Fsp3) is 0.167. The SMILES string of the molecule is COc1cc(/C=C/c2ccccc2NC(C)=O)cc(OC)c1. The zero-order valence-corrected chi connectivity index (χ0v) is 12.9. The molecular weight excluding hydrogens is 278 g/mol. The van der Waals surface area contributed by atoms with E-state index in [0.29, 0.717) is 0 Å². The van der Waals surface area contributed by atoms with Crippen LogP contribution in [0.2, 0.25) is 0 Å². The quantitative estimate of drug-likeness (QED) is 0.853. The molecule has 0 radical (unpaired) electrons. The monoisotopic (exact) mass is 297 g/mol. The van der Waals surface area contributed by atoms with E-state index >= 15 is 0 Å². The Hall–Kier alpha value is -2.75. The van der Waals surface area contributed by atoms with Gasteiger partial charge in [0.1, 0.15) is 11.5 Å². The number of hydrogen-bond acceptors (Lipinski definition) is 3. The molecule has 0 bridgehead atoms. The van der Waals surface area contributed by atoms with Crippen molar-refractivity contribution in [2.45, 2.75) is 6.92 Å². The van der Waals surface area contributed by atoms with Crippen LogP contribution in [-0.2, 0) is 4.79 Å². The Bertz CT molecular complexity index is 670. The third-order valence-electron chi connectivity index (χ3n) is 3.10. The second kappa shape index (κ2) is 7.31. The van der Waals surface area contributed by atoms with Crippen LogP contribution < -0.4 is 14.8 Å². The van der Waals surface area contributed by atoms with Crippen molar-refractivity contribution in [2.24, 2.45) is 0 Å². The van der Waals surface area contributed by atoms with Gasteiger partial charge in [0, 0.05) is 18.7 Å². The molecule has 0 aromatic heterocycles. The van der Waals surface area contributed by atoms with Crippen LogP contribution in [0.5, 0.6) is 11.5 Å². The number of carbonyl (C=O) groups excluding carboxylic acids is 1. The minimum Gasteiger partial charge on any atom is -0.497 e. The Morgan fingerprint density at radius 3 is 2.23 bits per heavy atom. The lowest BCUT2D eigenvalue weighted by Crippen LogP contribution is -2.06. The summed E-state index contributed by atoms with van der Waals surface area (Å²) in [6.07, 6.45) is 3.89. The Balaban J connectivity index is 2.30. The van der Waals surface area contributed by atoms with Crippen molar-refractivity contribution in [2.75, 3.05) is 19.5 Å². The Labute approximate surface area is 130 Å². The molecule has 2 rings (SSSR count). The van der Waals surface area contributed by atoms with E-state index in [0.717, 1.165) is 28.3 Å². The number of rotatable bonds is 5. The molecule has 0 atom stereocenters. The van der Waals surface area contributed by atoms with Crippen molar-refractivity contribution in [1.82, 2.24) is 0 Å². The highest BCUT2D eigenvalue weighted by Crippen LogP contribution is 2.25. The van der Waals surface area contributed by atoms with Crippen LogP contribution in [0.25, 0.3) is 12.2 Å². The molecule has 0 unspecified atom stereocenters. The summed E-state index contributed by atoms with van der Waals surface area (Å²) in [5.41, 5.74) is 2.66. The standard InChI is InChI=1S/C18H19NO3/c1-13(20)19-18-7-5-4-6-15(18)9-8-14-10-16(21-2)12-17(11-14)22-3/h4-12H,1-3H3,(H,19,20)/b9-8+. The van der Waals surface area contributed by atoms with E-state index in [1.165, 1.54) is 6.92 Å². The lowest BCUT2D eigenvalue weighted by molar-refractivity contribution is -0.114. The van der Waals surface area contributed by atoms with Crippen molar-refractivity contribution in [3.8, 4) is 11.5 Å². The first-order valence-electron chi connectivity index (χ1n) is 6.90. The van der Waals surface area contributed by atoms with Gasteiger partial charge in [0.25, 0.3) is 0 Å². The number of anilines is 1. The molecule has 0 fully saturated rings. The summed E-state index contributed by atoms with van der Waals surface area (Å²) >= 11 is 0. The van der Waals surface area contributed by atoms with Gasteiger partial charge in [0.05, 0.1) is 14.2 Å². The number of hydrogen-bond donors (Lipinski definition) is 1. The van der Waals surface area contributed by atoms with Crippen LogP contribution in [0, 0.1) is 0 Å². The van der Waals surface area contributed by atoms with E-state index in [9.17, 15) is 4.79 Å². The minimum absolute atomic E-state index is 0.0936. The molecule has 0 saturated carbocycles. The molecule has 0 saturated heterocycles. The summed E-state index contributed by atoms with van der Waals surface area (Å²) in [7, 11) is 3.24. The average Bonchev–Trinajstić information content (AvgIpc) is 2.53. The van der Waals surface area contributed by atoms with Gasteiger partial charge in [0.15, 0.2) is 0 Å². The Kier molecular flexibility index (Phi) is 5.20. The predicted octanol–water partition coefficient (Wildman–Crippen LogP) is 3.83. The van der Waals surface area contributed by atoms with Crippen molar-refractivity contribution in [3.63, 3.8) is 0 Å². The van der Waals surface area contributed by atoms with Gasteiger partial charge in [-0.15, -0.1) is 0 Å². The largest absolute Gasteiger partial charge is 0.497 e. The van der Waals surface area contributed by atoms with E-state index in [-0.39, 0.29) is 5.91 Å². The number of amides is 1. The topological polar surface area (TPSA) is 47.6 Å². The highest BCUT2D eigenvalue weighted by Gasteiger charge is 2.02. The number of para-hydroxylation sites is 1. The maximum Gasteiger partial charge on any atom is 0.221 e. The van der Waals surface area contributed by atoms with Crippen molar-refractivity contribution < 1.29 is 14.3 Å². The molecule has 114 valence electrons. The van der Waals surface area contributed by atoms with Crippen molar-refractivity contribution in [3.05, 3.63) is 53.6 Å². The average molecular weight is 297 g/mol. The molecule has 0 aliphatic rings. The van der Waals surface area contributed by atoms with Gasteiger partial charge in [-0.1, -0.05) is 30.4 Å². The van der Waals surface area contributed by atoms with Gasteiger partial charge in [0.2, 0.25) is 5.91 Å². The highest BCUT2D eigenvalue weighted by molar-refractivity contribution is 5.92. The molecule has 22 heavy (non-hydrogen) atoms. The predicted molar refractivity (Wildman–Crippen MR) is 89.2 cm³/mol. The van der Waals surface area contributed by atoms with Crippen LogP contribution in [0.15, 0.2) is 42.5 Å². The molecule has 4 heteroatoms. The van der Waals surface area contributed by atoms with E-state index in [1.807, 2.05) is 54.6 Å². The van der Waals surface area contributed by atoms with E-state index in [2.05, 4.69) is 5.32 Å². The number of carbonyl (C=O) groups is 1. The second-order valence-electron chi connectivity index (χ2n) is 4.75. The smallest absolute Gasteiger partial charge is 0.221 e. The Morgan fingerprint density at radius 2 is 1.64 bits per heavy atom. The Morgan fingerprint density at radius 1 is 1.00 bits per heavy atom. The zero-order chi connectivity index (χ0) is 15.9. The maximum atomic E-state index is 11.2. The highest BCUT2D eigenvalue weighted by atomic mass is 16.5. The maximum absolute atomic E-state index is 11.2. The molecule has 2 aromatic carbocycles. The van der Waals surface area contributed by atoms with Gasteiger partial charge in [-0.25, -0.2) is 0 Å². The third kappa shape index (κ3) is 4.12. The summed E-state index contributed by atoms with van der Waals surface area (Å²) in [5, 5.41) is 2.82. The van der Waals surface area contributed by atoms with Crippen molar-refractivity contribution >= 4 is 23.7 Å². The summed E-state index contributed by atoms with van der Waals surface area (Å²) in [4.78, 5) is 11.2. The molecule has 0 aliphatic carbocycles.